The first-order valence-corrected chi connectivity index (χ1v) is 4.89. The molecular formula is C9H14F3N3O. The van der Waals surface area contributed by atoms with Crippen LogP contribution >= 0.6 is 0 Å². The number of aliphatic hydroxyl groups is 1. The number of aromatic nitrogens is 2. The zero-order valence-electron chi connectivity index (χ0n) is 8.67. The Bertz CT molecular complexity index is 287. The van der Waals surface area contributed by atoms with Crippen LogP contribution < -0.4 is 0 Å². The number of nitrogens with zero attached hydrogens (tertiary/aromatic N) is 2. The summed E-state index contributed by atoms with van der Waals surface area (Å²) in [6, 6.07) is 1.63. The molecule has 0 aliphatic carbocycles. The van der Waals surface area contributed by atoms with E-state index in [-0.39, 0.29) is 19.7 Å². The van der Waals surface area contributed by atoms with E-state index < -0.39 is 12.7 Å². The van der Waals surface area contributed by atoms with Gasteiger partial charge < -0.3 is 5.11 Å². The molecule has 0 spiro atoms. The van der Waals surface area contributed by atoms with Gasteiger partial charge in [0.2, 0.25) is 0 Å². The van der Waals surface area contributed by atoms with E-state index in [9.17, 15) is 13.2 Å². The molecule has 7 heteroatoms. The van der Waals surface area contributed by atoms with E-state index in [1.54, 1.807) is 6.07 Å². The van der Waals surface area contributed by atoms with Crippen LogP contribution in [0.1, 0.15) is 12.1 Å². The van der Waals surface area contributed by atoms with Gasteiger partial charge in [-0.2, -0.15) is 18.3 Å². The van der Waals surface area contributed by atoms with Crippen LogP contribution in [-0.2, 0) is 6.54 Å². The first-order chi connectivity index (χ1) is 7.51. The summed E-state index contributed by atoms with van der Waals surface area (Å²) < 4.78 is 36.7. The highest BCUT2D eigenvalue weighted by Crippen LogP contribution is 2.17. The van der Waals surface area contributed by atoms with Crippen molar-refractivity contribution in [1.82, 2.24) is 15.1 Å². The lowest BCUT2D eigenvalue weighted by Gasteiger charge is -2.22. The Hall–Kier alpha value is -1.08. The van der Waals surface area contributed by atoms with Crippen LogP contribution in [0.2, 0.25) is 0 Å². The van der Waals surface area contributed by atoms with Crippen molar-refractivity contribution >= 4 is 0 Å². The second-order valence-electron chi connectivity index (χ2n) is 3.48. The minimum Gasteiger partial charge on any atom is -0.396 e. The summed E-state index contributed by atoms with van der Waals surface area (Å²) in [4.78, 5) is 1.23. The van der Waals surface area contributed by atoms with Gasteiger partial charge in [-0.15, -0.1) is 0 Å². The van der Waals surface area contributed by atoms with Crippen LogP contribution in [-0.4, -0.2) is 46.1 Å². The normalized spacial score (nSPS) is 12.3. The quantitative estimate of drug-likeness (QED) is 0.780. The Morgan fingerprint density at radius 3 is 2.69 bits per heavy atom. The van der Waals surface area contributed by atoms with Crippen molar-refractivity contribution in [3.63, 3.8) is 0 Å². The van der Waals surface area contributed by atoms with Crippen LogP contribution in [0.5, 0.6) is 0 Å². The molecule has 2 N–H and O–H groups in total. The van der Waals surface area contributed by atoms with Gasteiger partial charge in [-0.25, -0.2) is 0 Å². The average molecular weight is 237 g/mol. The molecule has 0 aromatic carbocycles. The largest absolute Gasteiger partial charge is 0.401 e. The highest BCUT2D eigenvalue weighted by molar-refractivity contribution is 4.97. The number of rotatable bonds is 6. The first kappa shape index (κ1) is 13.0. The van der Waals surface area contributed by atoms with E-state index in [1.165, 1.54) is 11.1 Å². The zero-order valence-corrected chi connectivity index (χ0v) is 8.67. The first-order valence-electron chi connectivity index (χ1n) is 4.89. The van der Waals surface area contributed by atoms with Crippen LogP contribution in [0.25, 0.3) is 0 Å². The molecule has 0 radical (unpaired) electrons. The molecule has 0 fully saturated rings. The number of halogens is 3. The van der Waals surface area contributed by atoms with Gasteiger partial charge >= 0.3 is 6.18 Å². The molecule has 0 amide bonds. The second kappa shape index (κ2) is 5.86. The lowest BCUT2D eigenvalue weighted by Crippen LogP contribution is -2.35. The summed E-state index contributed by atoms with van der Waals surface area (Å²) in [5, 5.41) is 14.9. The Morgan fingerprint density at radius 1 is 1.44 bits per heavy atom. The lowest BCUT2D eigenvalue weighted by molar-refractivity contribution is -0.147. The molecule has 0 bridgehead atoms. The molecule has 1 aromatic rings. The number of aliphatic hydroxyl groups excluding tert-OH is 1. The lowest BCUT2D eigenvalue weighted by atomic mass is 10.3. The maximum atomic E-state index is 12.2. The van der Waals surface area contributed by atoms with Crippen molar-refractivity contribution in [3.8, 4) is 0 Å². The Kier molecular flexibility index (Phi) is 4.75. The van der Waals surface area contributed by atoms with Crippen molar-refractivity contribution < 1.29 is 18.3 Å². The summed E-state index contributed by atoms with van der Waals surface area (Å²) >= 11 is 0. The monoisotopic (exact) mass is 237 g/mol. The van der Waals surface area contributed by atoms with E-state index in [2.05, 4.69) is 10.2 Å². The number of hydrogen-bond donors (Lipinski definition) is 2. The Labute approximate surface area is 91.1 Å². The fraction of sp³-hybridized carbons (Fsp3) is 0.667. The molecule has 4 nitrogen and oxygen atoms in total. The molecule has 1 rings (SSSR count). The van der Waals surface area contributed by atoms with E-state index in [4.69, 9.17) is 5.11 Å². The van der Waals surface area contributed by atoms with Crippen LogP contribution in [0, 0.1) is 0 Å². The van der Waals surface area contributed by atoms with Crippen molar-refractivity contribution in [1.29, 1.82) is 0 Å². The molecular weight excluding hydrogens is 223 g/mol. The maximum absolute atomic E-state index is 12.2. The third-order valence-corrected chi connectivity index (χ3v) is 1.99. The molecule has 0 saturated heterocycles. The molecule has 0 saturated carbocycles. The summed E-state index contributed by atoms with van der Waals surface area (Å²) in [6.07, 6.45) is -2.41. The van der Waals surface area contributed by atoms with E-state index in [1.807, 2.05) is 0 Å². The smallest absolute Gasteiger partial charge is 0.396 e. The molecule has 0 atom stereocenters. The molecule has 1 heterocycles. The van der Waals surface area contributed by atoms with Crippen LogP contribution in [0.15, 0.2) is 12.3 Å². The molecule has 92 valence electrons. The molecule has 0 aliphatic heterocycles. The van der Waals surface area contributed by atoms with Crippen LogP contribution in [0.4, 0.5) is 13.2 Å². The van der Waals surface area contributed by atoms with Crippen molar-refractivity contribution in [2.75, 3.05) is 19.7 Å². The molecule has 0 unspecified atom stereocenters. The number of nitrogens with one attached hydrogen (secondary N) is 1. The van der Waals surface area contributed by atoms with Gasteiger partial charge in [0.25, 0.3) is 0 Å². The van der Waals surface area contributed by atoms with Crippen molar-refractivity contribution in [3.05, 3.63) is 18.0 Å². The van der Waals surface area contributed by atoms with Gasteiger partial charge in [0, 0.05) is 31.6 Å². The standard InChI is InChI=1S/C9H14F3N3O/c10-9(11,12)7-15(4-1-5-16)6-8-2-3-13-14-8/h2-3,16H,1,4-7H2,(H,13,14). The van der Waals surface area contributed by atoms with Crippen LogP contribution in [0.3, 0.4) is 0 Å². The topological polar surface area (TPSA) is 52.1 Å². The van der Waals surface area contributed by atoms with Crippen molar-refractivity contribution in [2.24, 2.45) is 0 Å². The van der Waals surface area contributed by atoms with E-state index >= 15 is 0 Å². The highest BCUT2D eigenvalue weighted by atomic mass is 19.4. The molecule has 0 aliphatic rings. The Morgan fingerprint density at radius 2 is 2.19 bits per heavy atom. The number of alkyl halides is 3. The van der Waals surface area contributed by atoms with Gasteiger partial charge in [-0.3, -0.25) is 10.00 Å². The number of H-pyrrole nitrogens is 1. The predicted octanol–water partition coefficient (Wildman–Crippen LogP) is 1.16. The van der Waals surface area contributed by atoms with Gasteiger partial charge in [0.15, 0.2) is 0 Å². The van der Waals surface area contributed by atoms with Crippen molar-refractivity contribution in [2.45, 2.75) is 19.1 Å². The number of aromatic amines is 1. The third-order valence-electron chi connectivity index (χ3n) is 1.99. The van der Waals surface area contributed by atoms with Gasteiger partial charge in [-0.1, -0.05) is 0 Å². The van der Waals surface area contributed by atoms with E-state index in [0.29, 0.717) is 12.1 Å². The fourth-order valence-corrected chi connectivity index (χ4v) is 1.38. The minimum atomic E-state index is -4.23. The van der Waals surface area contributed by atoms with E-state index in [0.717, 1.165) is 0 Å². The van der Waals surface area contributed by atoms with Gasteiger partial charge in [-0.05, 0) is 12.5 Å². The SMILES string of the molecule is OCCCN(Cc1ccn[nH]1)CC(F)(F)F. The average Bonchev–Trinajstić information content (AvgIpc) is 2.64. The molecule has 1 aromatic heterocycles. The second-order valence-corrected chi connectivity index (χ2v) is 3.48. The summed E-state index contributed by atoms with van der Waals surface area (Å²) in [5.74, 6) is 0. The summed E-state index contributed by atoms with van der Waals surface area (Å²) in [7, 11) is 0. The Balaban J connectivity index is 2.50. The molecule has 16 heavy (non-hydrogen) atoms. The zero-order chi connectivity index (χ0) is 12.0. The fourth-order valence-electron chi connectivity index (χ4n) is 1.38. The van der Waals surface area contributed by atoms with Gasteiger partial charge in [0.05, 0.1) is 6.54 Å². The minimum absolute atomic E-state index is 0.114. The predicted molar refractivity (Wildman–Crippen MR) is 51.6 cm³/mol. The third kappa shape index (κ3) is 5.13. The summed E-state index contributed by atoms with van der Waals surface area (Å²) in [6.45, 7) is -0.738. The van der Waals surface area contributed by atoms with Gasteiger partial charge in [0.1, 0.15) is 0 Å². The maximum Gasteiger partial charge on any atom is 0.401 e. The highest BCUT2D eigenvalue weighted by Gasteiger charge is 2.30. The number of hydrogen-bond acceptors (Lipinski definition) is 3. The summed E-state index contributed by atoms with van der Waals surface area (Å²) in [5.41, 5.74) is 0.627.